The molecular weight excluding hydrogens is 194 g/mol. The summed E-state index contributed by atoms with van der Waals surface area (Å²) in [7, 11) is 5.29. The van der Waals surface area contributed by atoms with Gasteiger partial charge in [-0.3, -0.25) is 4.90 Å². The standard InChI is InChI=1S/C11H23NO3/c1-12(8-11(14-2)15-3)9-6-4-5-7-10(9)13/h9-11,13H,4-8H2,1-3H3/t9-,10-/m0/s1. The molecule has 0 saturated heterocycles. The number of hydrogen-bond donors (Lipinski definition) is 1. The lowest BCUT2D eigenvalue weighted by Crippen LogP contribution is -2.46. The van der Waals surface area contributed by atoms with E-state index in [-0.39, 0.29) is 18.4 Å². The lowest BCUT2D eigenvalue weighted by molar-refractivity contribution is -0.124. The van der Waals surface area contributed by atoms with Gasteiger partial charge in [0.05, 0.1) is 6.10 Å². The summed E-state index contributed by atoms with van der Waals surface area (Å²) in [5, 5.41) is 9.87. The first-order chi connectivity index (χ1) is 7.19. The quantitative estimate of drug-likeness (QED) is 0.693. The minimum Gasteiger partial charge on any atom is -0.391 e. The molecular formula is C11H23NO3. The molecule has 0 radical (unpaired) electrons. The maximum atomic E-state index is 9.87. The van der Waals surface area contributed by atoms with Crippen LogP contribution in [-0.2, 0) is 9.47 Å². The zero-order chi connectivity index (χ0) is 11.3. The fourth-order valence-electron chi connectivity index (χ4n) is 2.22. The molecule has 1 rings (SSSR count). The molecule has 1 fully saturated rings. The van der Waals surface area contributed by atoms with E-state index in [1.54, 1.807) is 14.2 Å². The Bertz CT molecular complexity index is 173. The van der Waals surface area contributed by atoms with Crippen molar-refractivity contribution in [3.05, 3.63) is 0 Å². The van der Waals surface area contributed by atoms with Crippen molar-refractivity contribution in [3.63, 3.8) is 0 Å². The van der Waals surface area contributed by atoms with Crippen molar-refractivity contribution in [2.45, 2.75) is 44.1 Å². The number of ether oxygens (including phenoxy) is 2. The Morgan fingerprint density at radius 2 is 1.87 bits per heavy atom. The number of rotatable bonds is 5. The normalized spacial score (nSPS) is 27.6. The third-order valence-electron chi connectivity index (χ3n) is 3.22. The lowest BCUT2D eigenvalue weighted by atomic mass is 9.91. The first-order valence-electron chi connectivity index (χ1n) is 5.63. The Morgan fingerprint density at radius 1 is 1.27 bits per heavy atom. The maximum Gasteiger partial charge on any atom is 0.169 e. The number of likely N-dealkylation sites (N-methyl/N-ethyl adjacent to an activating group) is 1. The molecule has 0 heterocycles. The first-order valence-corrected chi connectivity index (χ1v) is 5.63. The van der Waals surface area contributed by atoms with E-state index < -0.39 is 0 Å². The molecule has 0 aromatic carbocycles. The highest BCUT2D eigenvalue weighted by Crippen LogP contribution is 2.22. The van der Waals surface area contributed by atoms with Crippen LogP contribution in [0.4, 0.5) is 0 Å². The third kappa shape index (κ3) is 3.72. The smallest absolute Gasteiger partial charge is 0.169 e. The van der Waals surface area contributed by atoms with Gasteiger partial charge in [0.25, 0.3) is 0 Å². The zero-order valence-corrected chi connectivity index (χ0v) is 9.98. The van der Waals surface area contributed by atoms with Gasteiger partial charge in [0.1, 0.15) is 0 Å². The van der Waals surface area contributed by atoms with Crippen LogP contribution in [0.25, 0.3) is 0 Å². The number of aliphatic hydroxyl groups excluding tert-OH is 1. The molecule has 0 aromatic rings. The van der Waals surface area contributed by atoms with Gasteiger partial charge in [-0.05, 0) is 19.9 Å². The molecule has 0 bridgehead atoms. The minimum absolute atomic E-state index is 0.196. The highest BCUT2D eigenvalue weighted by Gasteiger charge is 2.27. The van der Waals surface area contributed by atoms with E-state index >= 15 is 0 Å². The summed E-state index contributed by atoms with van der Waals surface area (Å²) in [6, 6.07) is 0.256. The molecule has 2 atom stereocenters. The molecule has 0 aliphatic heterocycles. The van der Waals surface area contributed by atoms with Crippen molar-refractivity contribution >= 4 is 0 Å². The van der Waals surface area contributed by atoms with E-state index in [0.717, 1.165) is 19.3 Å². The topological polar surface area (TPSA) is 41.9 Å². The molecule has 1 N–H and O–H groups in total. The van der Waals surface area contributed by atoms with E-state index in [1.807, 2.05) is 7.05 Å². The van der Waals surface area contributed by atoms with E-state index in [9.17, 15) is 5.11 Å². The summed E-state index contributed by atoms with van der Waals surface area (Å²) < 4.78 is 10.3. The van der Waals surface area contributed by atoms with Crippen LogP contribution < -0.4 is 0 Å². The van der Waals surface area contributed by atoms with Gasteiger partial charge in [0.15, 0.2) is 6.29 Å². The lowest BCUT2D eigenvalue weighted by Gasteiger charge is -2.36. The molecule has 90 valence electrons. The van der Waals surface area contributed by atoms with Crippen LogP contribution in [0.1, 0.15) is 25.7 Å². The van der Waals surface area contributed by atoms with Gasteiger partial charge in [0.2, 0.25) is 0 Å². The predicted octanol–water partition coefficient (Wildman–Crippen LogP) is 0.841. The molecule has 0 amide bonds. The second-order valence-electron chi connectivity index (χ2n) is 4.26. The molecule has 4 heteroatoms. The average Bonchev–Trinajstić information content (AvgIpc) is 2.26. The van der Waals surface area contributed by atoms with Crippen molar-refractivity contribution in [2.24, 2.45) is 0 Å². The Labute approximate surface area is 92.2 Å². The van der Waals surface area contributed by atoms with Crippen LogP contribution in [0.2, 0.25) is 0 Å². The van der Waals surface area contributed by atoms with Gasteiger partial charge < -0.3 is 14.6 Å². The van der Waals surface area contributed by atoms with E-state index in [0.29, 0.717) is 6.54 Å². The molecule has 0 unspecified atom stereocenters. The van der Waals surface area contributed by atoms with Crippen LogP contribution in [0.15, 0.2) is 0 Å². The van der Waals surface area contributed by atoms with E-state index in [4.69, 9.17) is 9.47 Å². The second kappa shape index (κ2) is 6.43. The molecule has 1 aliphatic rings. The summed E-state index contributed by atoms with van der Waals surface area (Å²) >= 11 is 0. The van der Waals surface area contributed by atoms with Crippen molar-refractivity contribution in [1.82, 2.24) is 4.90 Å². The minimum atomic E-state index is -0.205. The van der Waals surface area contributed by atoms with E-state index in [2.05, 4.69) is 4.90 Å². The van der Waals surface area contributed by atoms with Crippen molar-refractivity contribution < 1.29 is 14.6 Å². The Hall–Kier alpha value is -0.160. The third-order valence-corrected chi connectivity index (χ3v) is 3.22. The summed E-state index contributed by atoms with van der Waals surface area (Å²) in [5.74, 6) is 0. The van der Waals surface area contributed by atoms with Gasteiger partial charge >= 0.3 is 0 Å². The predicted molar refractivity (Wildman–Crippen MR) is 58.7 cm³/mol. The molecule has 15 heavy (non-hydrogen) atoms. The number of methoxy groups -OCH3 is 2. The van der Waals surface area contributed by atoms with Crippen LogP contribution in [0.3, 0.4) is 0 Å². The van der Waals surface area contributed by atoms with Crippen LogP contribution in [0, 0.1) is 0 Å². The number of hydrogen-bond acceptors (Lipinski definition) is 4. The summed E-state index contributed by atoms with van der Waals surface area (Å²) in [6.45, 7) is 0.703. The molecule has 1 aliphatic carbocycles. The van der Waals surface area contributed by atoms with Gasteiger partial charge in [0, 0.05) is 26.8 Å². The average molecular weight is 217 g/mol. The van der Waals surface area contributed by atoms with Crippen LogP contribution >= 0.6 is 0 Å². The highest BCUT2D eigenvalue weighted by atomic mass is 16.7. The van der Waals surface area contributed by atoms with Gasteiger partial charge in [-0.25, -0.2) is 0 Å². The largest absolute Gasteiger partial charge is 0.391 e. The van der Waals surface area contributed by atoms with Gasteiger partial charge in [-0.1, -0.05) is 12.8 Å². The van der Waals surface area contributed by atoms with Crippen molar-refractivity contribution in [1.29, 1.82) is 0 Å². The van der Waals surface area contributed by atoms with Crippen molar-refractivity contribution in [3.8, 4) is 0 Å². The monoisotopic (exact) mass is 217 g/mol. The summed E-state index contributed by atoms with van der Waals surface area (Å²) in [6.07, 6.45) is 3.93. The van der Waals surface area contributed by atoms with Gasteiger partial charge in [-0.15, -0.1) is 0 Å². The fourth-order valence-corrected chi connectivity index (χ4v) is 2.22. The first kappa shape index (κ1) is 12.9. The summed E-state index contributed by atoms with van der Waals surface area (Å²) in [4.78, 5) is 2.14. The SMILES string of the molecule is COC(CN(C)[C@H]1CCCC[C@@H]1O)OC. The highest BCUT2D eigenvalue weighted by molar-refractivity contribution is 4.81. The molecule has 0 spiro atoms. The number of aliphatic hydroxyl groups is 1. The van der Waals surface area contributed by atoms with E-state index in [1.165, 1.54) is 6.42 Å². The van der Waals surface area contributed by atoms with Crippen LogP contribution in [-0.4, -0.2) is 56.3 Å². The Morgan fingerprint density at radius 3 is 2.40 bits per heavy atom. The van der Waals surface area contributed by atoms with Crippen LogP contribution in [0.5, 0.6) is 0 Å². The Balaban J connectivity index is 2.40. The Kier molecular flexibility index (Phi) is 5.53. The second-order valence-corrected chi connectivity index (χ2v) is 4.26. The maximum absolute atomic E-state index is 9.87. The summed E-state index contributed by atoms with van der Waals surface area (Å²) in [5.41, 5.74) is 0. The zero-order valence-electron chi connectivity index (χ0n) is 9.98. The van der Waals surface area contributed by atoms with Gasteiger partial charge in [-0.2, -0.15) is 0 Å². The molecule has 1 saturated carbocycles. The molecule has 0 aromatic heterocycles. The van der Waals surface area contributed by atoms with Crippen molar-refractivity contribution in [2.75, 3.05) is 27.8 Å². The molecule has 4 nitrogen and oxygen atoms in total. The number of nitrogens with zero attached hydrogens (tertiary/aromatic N) is 1. The fraction of sp³-hybridized carbons (Fsp3) is 1.00.